The average molecular weight is 1530 g/mol. The molecule has 4 aromatic carbocycles. The van der Waals surface area contributed by atoms with Crippen molar-refractivity contribution in [3.8, 4) is 19.5 Å². The van der Waals surface area contributed by atoms with Gasteiger partial charge < -0.3 is 0 Å². The smallest absolute Gasteiger partial charge is 0.142 e. The van der Waals surface area contributed by atoms with E-state index in [-0.39, 0.29) is 0 Å². The highest BCUT2D eigenvalue weighted by Crippen LogP contribution is 2.72. The van der Waals surface area contributed by atoms with E-state index in [0.29, 0.717) is 0 Å². The summed E-state index contributed by atoms with van der Waals surface area (Å²) in [6.07, 6.45) is 57.7. The van der Waals surface area contributed by atoms with Crippen LogP contribution in [0.4, 0.5) is 0 Å². The predicted octanol–water partition coefficient (Wildman–Crippen LogP) is 31.6. The summed E-state index contributed by atoms with van der Waals surface area (Å²) in [4.78, 5) is 32.7. The van der Waals surface area contributed by atoms with Gasteiger partial charge in [-0.05, 0) is 206 Å². The fourth-order valence-electron chi connectivity index (χ4n) is 18.0. The van der Waals surface area contributed by atoms with Gasteiger partial charge in [0.05, 0.1) is 49.1 Å². The van der Waals surface area contributed by atoms with Crippen LogP contribution in [0.2, 0.25) is 0 Å². The maximum atomic E-state index is 12.3. The molecule has 0 spiro atoms. The molecule has 0 amide bonds. The number of aldehydes is 2. The van der Waals surface area contributed by atoms with Crippen LogP contribution in [0.1, 0.15) is 360 Å². The molecule has 6 heterocycles. The first-order chi connectivity index (χ1) is 52.1. The van der Waals surface area contributed by atoms with Gasteiger partial charge in [0.15, 0.2) is 0 Å². The molecule has 0 saturated heterocycles. The van der Waals surface area contributed by atoms with Crippen molar-refractivity contribution in [3.05, 3.63) is 196 Å². The molecule has 0 bridgehead atoms. The summed E-state index contributed by atoms with van der Waals surface area (Å²) in [5.74, 6) is 0. The maximum Gasteiger partial charge on any atom is 0.142 e. The van der Waals surface area contributed by atoms with E-state index in [1.807, 2.05) is 45.3 Å². The van der Waals surface area contributed by atoms with E-state index in [1.165, 1.54) is 342 Å². The van der Waals surface area contributed by atoms with Gasteiger partial charge in [-0.25, -0.2) is 0 Å². The van der Waals surface area contributed by atoms with Crippen LogP contribution < -0.4 is 0 Å². The third kappa shape index (κ3) is 17.7. The Kier molecular flexibility index (Phi) is 29.9. The molecule has 0 N–H and O–H groups in total. The summed E-state index contributed by atoms with van der Waals surface area (Å²) >= 11 is 12.3. The van der Waals surface area contributed by atoms with E-state index < -0.39 is 10.8 Å². The van der Waals surface area contributed by atoms with Crippen molar-refractivity contribution in [3.63, 3.8) is 0 Å². The molecule has 12 rings (SSSR count). The Morgan fingerprint density at radius 3 is 0.679 bits per heavy atom. The summed E-state index contributed by atoms with van der Waals surface area (Å²) in [5, 5.41) is 0. The third-order valence-corrected chi connectivity index (χ3v) is 31.0. The first-order valence-electron chi connectivity index (χ1n) is 42.6. The van der Waals surface area contributed by atoms with Gasteiger partial charge in [-0.2, -0.15) is 0 Å². The molecular weight excluding hydrogens is 1400 g/mol. The number of aryl methyl sites for hydroxylation is 8. The minimum atomic E-state index is -0.652. The monoisotopic (exact) mass is 1520 g/mol. The first kappa shape index (κ1) is 80.2. The van der Waals surface area contributed by atoms with Crippen LogP contribution in [0, 0.1) is 0 Å². The number of unbranched alkanes of at least 4 members (excludes halogenated alkanes) is 24. The maximum absolute atomic E-state index is 12.3. The third-order valence-electron chi connectivity index (χ3n) is 23.4. The lowest BCUT2D eigenvalue weighted by Gasteiger charge is -2.35. The molecule has 2 nitrogen and oxygen atoms in total. The second kappa shape index (κ2) is 39.5. The number of allylic oxidation sites excluding steroid dienone is 2. The molecular formula is C98H124O2S6. The molecule has 0 fully saturated rings. The van der Waals surface area contributed by atoms with Crippen molar-refractivity contribution < 1.29 is 9.59 Å². The molecule has 6 aromatic heterocycles. The van der Waals surface area contributed by atoms with Gasteiger partial charge in [0.1, 0.15) is 12.6 Å². The van der Waals surface area contributed by atoms with Crippen molar-refractivity contribution in [2.24, 2.45) is 0 Å². The molecule has 0 radical (unpaired) electrons. The van der Waals surface area contributed by atoms with Gasteiger partial charge in [0, 0.05) is 41.4 Å². The van der Waals surface area contributed by atoms with Crippen molar-refractivity contribution in [1.82, 2.24) is 0 Å². The summed E-state index contributed by atoms with van der Waals surface area (Å²) < 4.78 is 8.43. The number of thiophene rings is 6. The summed E-state index contributed by atoms with van der Waals surface area (Å²) in [6.45, 7) is 18.8. The molecule has 0 saturated carbocycles. The number of fused-ring (bicyclic) bond motifs is 13. The van der Waals surface area contributed by atoms with E-state index in [2.05, 4.69) is 175 Å². The number of hydrogen-bond donors (Lipinski definition) is 0. The van der Waals surface area contributed by atoms with E-state index in [9.17, 15) is 9.59 Å². The van der Waals surface area contributed by atoms with Gasteiger partial charge in [0.25, 0.3) is 0 Å². The number of rotatable bonds is 48. The highest BCUT2D eigenvalue weighted by molar-refractivity contribution is 7.37. The molecule has 0 aliphatic heterocycles. The van der Waals surface area contributed by atoms with Crippen LogP contribution in [0.3, 0.4) is 0 Å². The molecule has 564 valence electrons. The minimum absolute atomic E-state index is 0.652. The van der Waals surface area contributed by atoms with Crippen molar-refractivity contribution in [2.45, 2.75) is 323 Å². The molecule has 2 aliphatic carbocycles. The number of benzene rings is 4. The van der Waals surface area contributed by atoms with Crippen LogP contribution in [0.25, 0.3) is 59.9 Å². The standard InChI is InChI=1S/C98H124O2S6/c1-9-17-25-33-43-69-55-70(44-34-26-18-10-2)60-77(59-69)97(78-61-71(45-35-27-19-11-3)56-72(62-78)46-36-28-20-12-4)85-89-83(67-81(101-89)51-41-53-99)103-91(85)93-87(97)95-96(105-93)88-94(106-95)92-86(90-84(104-92)68-82(102-90)52-42-54-100)98(88,79-63-73(47-37-29-21-13-5)57-74(64-79)48-38-30-22-14-6)80-65-75(49-39-31-23-15-7)58-76(66-80)50-40-32-24-16-8/h41-42,51-68H,9-40,43-50H2,1-8H3/b51-41+,52-42+. The van der Waals surface area contributed by atoms with Crippen molar-refractivity contribution >= 4 is 121 Å². The highest BCUT2D eigenvalue weighted by atomic mass is 32.1. The fourth-order valence-corrected chi connectivity index (χ4v) is 26.8. The Morgan fingerprint density at radius 2 is 0.462 bits per heavy atom. The average Bonchev–Trinajstić information content (AvgIpc) is 1.48. The van der Waals surface area contributed by atoms with Gasteiger partial charge in [0.2, 0.25) is 0 Å². The number of carbonyl (C=O) groups excluding carboxylic acids is 2. The molecule has 106 heavy (non-hydrogen) atoms. The van der Waals surface area contributed by atoms with Crippen LogP contribution in [0.5, 0.6) is 0 Å². The zero-order valence-electron chi connectivity index (χ0n) is 66.1. The zero-order chi connectivity index (χ0) is 73.8. The second-order valence-electron chi connectivity index (χ2n) is 31.7. The van der Waals surface area contributed by atoms with E-state index in [4.69, 9.17) is 0 Å². The molecule has 10 aromatic rings. The molecule has 0 atom stereocenters. The van der Waals surface area contributed by atoms with E-state index >= 15 is 0 Å². The molecule has 8 heteroatoms. The zero-order valence-corrected chi connectivity index (χ0v) is 71.0. The first-order valence-corrected chi connectivity index (χ1v) is 47.5. The van der Waals surface area contributed by atoms with Crippen molar-refractivity contribution in [1.29, 1.82) is 0 Å². The molecule has 0 unspecified atom stereocenters. The lowest BCUT2D eigenvalue weighted by atomic mass is 9.65. The Labute approximate surface area is 663 Å². The Hall–Kier alpha value is -5.32. The fraction of sp³-hybridized carbons (Fsp3) is 0.510. The SMILES string of the molecule is CCCCCCc1cc(CCCCCC)cc(C2(c3cc(CCCCCC)cc(CCCCCC)c3)c3c(sc4cc(/C=C/C=O)sc34)-c3sc4c5c(sc4c32)-c2sc3cc(/C=C/C=O)sc3c2C5(c2cc(CCCCCC)cc(CCCCCC)c2)c2cc(CCCCCC)cc(CCCCCC)c2)c1. The van der Waals surface area contributed by atoms with Crippen LogP contribution in [-0.2, 0) is 71.8 Å². The normalized spacial score (nSPS) is 13.6. The Morgan fingerprint density at radius 1 is 0.245 bits per heavy atom. The van der Waals surface area contributed by atoms with Crippen LogP contribution in [0.15, 0.2) is 97.1 Å². The van der Waals surface area contributed by atoms with Gasteiger partial charge in [-0.3, -0.25) is 9.59 Å². The van der Waals surface area contributed by atoms with Crippen LogP contribution >= 0.6 is 68.0 Å². The van der Waals surface area contributed by atoms with Gasteiger partial charge >= 0.3 is 0 Å². The molecule has 2 aliphatic rings. The largest absolute Gasteiger partial charge is 0.299 e. The van der Waals surface area contributed by atoms with Gasteiger partial charge in [-0.15, -0.1) is 68.0 Å². The van der Waals surface area contributed by atoms with E-state index in [0.717, 1.165) is 73.7 Å². The Balaban J connectivity index is 1.26. The predicted molar refractivity (Wildman–Crippen MR) is 474 cm³/mol. The van der Waals surface area contributed by atoms with Crippen molar-refractivity contribution in [2.75, 3.05) is 0 Å². The lowest BCUT2D eigenvalue weighted by molar-refractivity contribution is -0.104. The van der Waals surface area contributed by atoms with Crippen LogP contribution in [-0.4, -0.2) is 12.6 Å². The second-order valence-corrected chi connectivity index (χ2v) is 38.0. The lowest BCUT2D eigenvalue weighted by Crippen LogP contribution is -2.30. The van der Waals surface area contributed by atoms with Gasteiger partial charge in [-0.1, -0.05) is 282 Å². The summed E-state index contributed by atoms with van der Waals surface area (Å²) in [7, 11) is 0. The quantitative estimate of drug-likeness (QED) is 0.0216. The number of carbonyl (C=O) groups is 2. The topological polar surface area (TPSA) is 34.1 Å². The summed E-state index contributed by atoms with van der Waals surface area (Å²) in [5.41, 5.74) is 22.6. The minimum Gasteiger partial charge on any atom is -0.299 e. The summed E-state index contributed by atoms with van der Waals surface area (Å²) in [6, 6.07) is 37.6. The highest BCUT2D eigenvalue weighted by Gasteiger charge is 2.57. The Bertz CT molecular complexity index is 4020. The van der Waals surface area contributed by atoms with E-state index in [1.54, 1.807) is 12.2 Å². The number of hydrogen-bond acceptors (Lipinski definition) is 8.